The molecular formula is C9H24N4. The lowest BCUT2D eigenvalue weighted by atomic mass is 10.1. The third kappa shape index (κ3) is 8.18. The number of hydrogen-bond donors (Lipinski definition) is 4. The highest BCUT2D eigenvalue weighted by atomic mass is 14.9. The van der Waals surface area contributed by atoms with Gasteiger partial charge in [0, 0.05) is 25.7 Å². The molecule has 80 valence electrons. The van der Waals surface area contributed by atoms with Crippen molar-refractivity contribution in [2.24, 2.45) is 17.4 Å². The number of nitrogens with one attached hydrogen (secondary N) is 2. The minimum Gasteiger partial charge on any atom is -0.329 e. The molecule has 4 heteroatoms. The summed E-state index contributed by atoms with van der Waals surface area (Å²) >= 11 is 0. The maximum absolute atomic E-state index is 5.49. The predicted octanol–water partition coefficient (Wildman–Crippen LogP) is -0.892. The van der Waals surface area contributed by atoms with Crippen LogP contribution in [0.2, 0.25) is 0 Å². The molecule has 0 aromatic carbocycles. The molecule has 2 unspecified atom stereocenters. The van der Waals surface area contributed by atoms with Gasteiger partial charge in [-0.3, -0.25) is 0 Å². The van der Waals surface area contributed by atoms with Gasteiger partial charge in [0.25, 0.3) is 0 Å². The summed E-state index contributed by atoms with van der Waals surface area (Å²) < 4.78 is 0. The Morgan fingerprint density at radius 1 is 1.15 bits per heavy atom. The molecule has 0 aliphatic carbocycles. The summed E-state index contributed by atoms with van der Waals surface area (Å²) in [5.41, 5.74) is 10.8. The van der Waals surface area contributed by atoms with Gasteiger partial charge < -0.3 is 22.1 Å². The van der Waals surface area contributed by atoms with Crippen molar-refractivity contribution in [3.63, 3.8) is 0 Å². The Morgan fingerprint density at radius 3 is 2.38 bits per heavy atom. The second kappa shape index (κ2) is 8.44. The van der Waals surface area contributed by atoms with E-state index in [1.807, 2.05) is 0 Å². The Hall–Kier alpha value is -0.160. The molecule has 13 heavy (non-hydrogen) atoms. The molecule has 0 spiro atoms. The van der Waals surface area contributed by atoms with E-state index in [9.17, 15) is 0 Å². The van der Waals surface area contributed by atoms with Crippen LogP contribution in [-0.2, 0) is 0 Å². The first-order valence-corrected chi connectivity index (χ1v) is 5.05. The molecule has 0 amide bonds. The first kappa shape index (κ1) is 12.8. The second-order valence-electron chi connectivity index (χ2n) is 3.64. The first-order chi connectivity index (χ1) is 6.20. The van der Waals surface area contributed by atoms with Gasteiger partial charge in [-0.1, -0.05) is 6.92 Å². The molecule has 0 saturated heterocycles. The van der Waals surface area contributed by atoms with E-state index in [-0.39, 0.29) is 0 Å². The summed E-state index contributed by atoms with van der Waals surface area (Å²) in [7, 11) is 0. The average Bonchev–Trinajstić information content (AvgIpc) is 2.14. The van der Waals surface area contributed by atoms with E-state index in [2.05, 4.69) is 24.5 Å². The van der Waals surface area contributed by atoms with Crippen LogP contribution in [-0.4, -0.2) is 38.8 Å². The molecule has 0 saturated carbocycles. The van der Waals surface area contributed by atoms with Crippen molar-refractivity contribution >= 4 is 0 Å². The molecule has 0 bridgehead atoms. The minimum atomic E-state index is 0.414. The van der Waals surface area contributed by atoms with Crippen molar-refractivity contribution in [3.05, 3.63) is 0 Å². The van der Waals surface area contributed by atoms with Gasteiger partial charge >= 0.3 is 0 Å². The smallest absolute Gasteiger partial charge is 0.0162 e. The minimum absolute atomic E-state index is 0.414. The van der Waals surface area contributed by atoms with Gasteiger partial charge in [-0.2, -0.15) is 0 Å². The standard InChI is InChI=1S/C9H24N4/c1-8(6-12-4-3-10)7-13-9(2)5-11/h8-9,12-13H,3-7,10-11H2,1-2H3. The van der Waals surface area contributed by atoms with Crippen LogP contribution in [0.1, 0.15) is 13.8 Å². The summed E-state index contributed by atoms with van der Waals surface area (Å²) in [4.78, 5) is 0. The van der Waals surface area contributed by atoms with E-state index in [4.69, 9.17) is 11.5 Å². The van der Waals surface area contributed by atoms with Crippen LogP contribution in [0.15, 0.2) is 0 Å². The van der Waals surface area contributed by atoms with Gasteiger partial charge in [0.1, 0.15) is 0 Å². The molecule has 0 aliphatic heterocycles. The molecule has 0 aromatic heterocycles. The number of hydrogen-bond acceptors (Lipinski definition) is 4. The third-order valence-corrected chi connectivity index (χ3v) is 1.98. The van der Waals surface area contributed by atoms with Gasteiger partial charge in [-0.25, -0.2) is 0 Å². The van der Waals surface area contributed by atoms with Crippen molar-refractivity contribution in [1.29, 1.82) is 0 Å². The van der Waals surface area contributed by atoms with Crippen LogP contribution in [0.5, 0.6) is 0 Å². The topological polar surface area (TPSA) is 76.1 Å². The van der Waals surface area contributed by atoms with Crippen LogP contribution in [0.25, 0.3) is 0 Å². The van der Waals surface area contributed by atoms with Crippen LogP contribution >= 0.6 is 0 Å². The van der Waals surface area contributed by atoms with Gasteiger partial charge in [-0.15, -0.1) is 0 Å². The fourth-order valence-electron chi connectivity index (χ4n) is 1.01. The van der Waals surface area contributed by atoms with E-state index in [0.717, 1.165) is 19.6 Å². The van der Waals surface area contributed by atoms with Gasteiger partial charge in [-0.05, 0) is 25.9 Å². The highest BCUT2D eigenvalue weighted by Gasteiger charge is 2.03. The zero-order valence-corrected chi connectivity index (χ0v) is 8.84. The lowest BCUT2D eigenvalue weighted by molar-refractivity contribution is 0.443. The Labute approximate surface area is 81.4 Å². The Bertz CT molecular complexity index is 108. The largest absolute Gasteiger partial charge is 0.329 e. The van der Waals surface area contributed by atoms with Crippen molar-refractivity contribution in [2.45, 2.75) is 19.9 Å². The van der Waals surface area contributed by atoms with Crippen LogP contribution in [0.4, 0.5) is 0 Å². The zero-order chi connectivity index (χ0) is 10.1. The number of rotatable bonds is 8. The van der Waals surface area contributed by atoms with E-state index in [0.29, 0.717) is 25.0 Å². The molecule has 0 fully saturated rings. The molecule has 0 heterocycles. The molecular weight excluding hydrogens is 164 g/mol. The SMILES string of the molecule is CC(CNCCN)CNC(C)CN. The predicted molar refractivity (Wildman–Crippen MR) is 57.6 cm³/mol. The Morgan fingerprint density at radius 2 is 1.85 bits per heavy atom. The van der Waals surface area contributed by atoms with E-state index in [1.54, 1.807) is 0 Å². The molecule has 0 radical (unpaired) electrons. The molecule has 2 atom stereocenters. The maximum Gasteiger partial charge on any atom is 0.0162 e. The highest BCUT2D eigenvalue weighted by molar-refractivity contribution is 4.65. The maximum atomic E-state index is 5.49. The van der Waals surface area contributed by atoms with E-state index in [1.165, 1.54) is 0 Å². The van der Waals surface area contributed by atoms with E-state index >= 15 is 0 Å². The van der Waals surface area contributed by atoms with Crippen LogP contribution in [0, 0.1) is 5.92 Å². The Balaban J connectivity index is 3.24. The van der Waals surface area contributed by atoms with E-state index < -0.39 is 0 Å². The molecule has 4 nitrogen and oxygen atoms in total. The summed E-state index contributed by atoms with van der Waals surface area (Å²) in [6.07, 6.45) is 0. The summed E-state index contributed by atoms with van der Waals surface area (Å²) in [6.45, 7) is 8.64. The fraction of sp³-hybridized carbons (Fsp3) is 1.00. The Kier molecular flexibility index (Phi) is 8.33. The van der Waals surface area contributed by atoms with Gasteiger partial charge in [0.2, 0.25) is 0 Å². The van der Waals surface area contributed by atoms with Gasteiger partial charge in [0.15, 0.2) is 0 Å². The monoisotopic (exact) mass is 188 g/mol. The zero-order valence-electron chi connectivity index (χ0n) is 8.84. The molecule has 0 aliphatic rings. The molecule has 6 N–H and O–H groups in total. The van der Waals surface area contributed by atoms with Crippen LogP contribution < -0.4 is 22.1 Å². The first-order valence-electron chi connectivity index (χ1n) is 5.05. The van der Waals surface area contributed by atoms with Crippen LogP contribution in [0.3, 0.4) is 0 Å². The number of nitrogens with two attached hydrogens (primary N) is 2. The summed E-state index contributed by atoms with van der Waals surface area (Å²) in [6, 6.07) is 0.414. The highest BCUT2D eigenvalue weighted by Crippen LogP contribution is 1.90. The summed E-state index contributed by atoms with van der Waals surface area (Å²) in [5, 5.41) is 6.64. The van der Waals surface area contributed by atoms with Gasteiger partial charge in [0.05, 0.1) is 0 Å². The van der Waals surface area contributed by atoms with Crippen molar-refractivity contribution in [3.8, 4) is 0 Å². The quantitative estimate of drug-likeness (QED) is 0.373. The lowest BCUT2D eigenvalue weighted by Crippen LogP contribution is -2.38. The van der Waals surface area contributed by atoms with Crippen molar-refractivity contribution in [2.75, 3.05) is 32.7 Å². The lowest BCUT2D eigenvalue weighted by Gasteiger charge is -2.16. The molecule has 0 aromatic rings. The van der Waals surface area contributed by atoms with Crippen molar-refractivity contribution < 1.29 is 0 Å². The van der Waals surface area contributed by atoms with Crippen molar-refractivity contribution in [1.82, 2.24) is 10.6 Å². The summed E-state index contributed by atoms with van der Waals surface area (Å²) in [5.74, 6) is 0.626. The third-order valence-electron chi connectivity index (χ3n) is 1.98. The molecule has 0 rings (SSSR count). The second-order valence-corrected chi connectivity index (χ2v) is 3.64. The fourth-order valence-corrected chi connectivity index (χ4v) is 1.01. The normalized spacial score (nSPS) is 15.7. The average molecular weight is 188 g/mol.